The van der Waals surface area contributed by atoms with Crippen molar-refractivity contribution in [2.45, 2.75) is 17.4 Å². The first-order valence-electron chi connectivity index (χ1n) is 7.98. The molecule has 30 heavy (non-hydrogen) atoms. The molecule has 2 bridgehead atoms. The summed E-state index contributed by atoms with van der Waals surface area (Å²) >= 11 is 3.42. The van der Waals surface area contributed by atoms with Gasteiger partial charge < -0.3 is 44.3 Å². The number of ether oxygens (including phenoxy) is 1. The largest absolute Gasteiger partial charge is 4.00 e. The number of esters is 1. The second-order valence-corrected chi connectivity index (χ2v) is 6.91. The van der Waals surface area contributed by atoms with Gasteiger partial charge >= 0.3 is 32.2 Å². The van der Waals surface area contributed by atoms with E-state index >= 15 is 0 Å². The van der Waals surface area contributed by atoms with Crippen LogP contribution in [0.2, 0.25) is 0 Å². The fourth-order valence-corrected chi connectivity index (χ4v) is 4.34. The third-order valence-electron chi connectivity index (χ3n) is 4.30. The molecule has 2 aliphatic carbocycles. The van der Waals surface area contributed by atoms with E-state index in [9.17, 15) is 14.7 Å². The fourth-order valence-electron chi connectivity index (χ4n) is 3.29. The van der Waals surface area contributed by atoms with Crippen LogP contribution in [0.25, 0.3) is 0 Å². The van der Waals surface area contributed by atoms with E-state index in [0.29, 0.717) is 0 Å². The number of aliphatic carboxylic acids is 4. The Morgan fingerprint density at radius 2 is 1.27 bits per heavy atom. The van der Waals surface area contributed by atoms with Crippen LogP contribution < -0.4 is 20.4 Å². The molecule has 6 unspecified atom stereocenters. The topological polar surface area (TPSA) is 187 Å². The molecule has 12 heteroatoms. The van der Waals surface area contributed by atoms with Crippen molar-refractivity contribution in [1.29, 1.82) is 0 Å². The minimum atomic E-state index is -1.23. The Labute approximate surface area is 199 Å². The van der Waals surface area contributed by atoms with Gasteiger partial charge in [0.25, 0.3) is 0 Å². The van der Waals surface area contributed by atoms with Gasteiger partial charge in [-0.2, -0.15) is 0 Å². The van der Waals surface area contributed by atoms with Gasteiger partial charge in [-0.15, -0.1) is 0 Å². The average molecular weight is 564 g/mol. The van der Waals surface area contributed by atoms with Crippen molar-refractivity contribution in [2.75, 3.05) is 0 Å². The third kappa shape index (κ3) is 8.35. The molecule has 6 atom stereocenters. The number of hydrogen-bond donors (Lipinski definition) is 0. The van der Waals surface area contributed by atoms with Crippen LogP contribution in [-0.2, 0) is 54.9 Å². The summed E-state index contributed by atoms with van der Waals surface area (Å²) in [6.07, 6.45) is 2.84. The van der Waals surface area contributed by atoms with Crippen LogP contribution in [0.5, 0.6) is 0 Å². The predicted octanol–water partition coefficient (Wildman–Crippen LogP) is -3.93. The van der Waals surface area contributed by atoms with Crippen LogP contribution in [0.3, 0.4) is 0 Å². The van der Waals surface area contributed by atoms with Crippen molar-refractivity contribution in [3.8, 4) is 0 Å². The second-order valence-electron chi connectivity index (χ2n) is 5.85. The summed E-state index contributed by atoms with van der Waals surface area (Å²) in [4.78, 5) is 49.8. The van der Waals surface area contributed by atoms with E-state index < -0.39 is 35.7 Å². The summed E-state index contributed by atoms with van der Waals surface area (Å²) in [6, 6.07) is 0. The van der Waals surface area contributed by atoms with Crippen molar-refractivity contribution >= 4 is 45.8 Å². The molecule has 0 aromatic rings. The number of carboxylic acid groups (broad SMARTS) is 4. The Hall–Kier alpha value is -2.07. The average Bonchev–Trinajstić information content (AvgIpc) is 3.27. The minimum absolute atomic E-state index is 0. The zero-order valence-corrected chi connectivity index (χ0v) is 19.5. The van der Waals surface area contributed by atoms with Crippen LogP contribution in [0, 0.1) is 23.7 Å². The third-order valence-corrected chi connectivity index (χ3v) is 5.50. The van der Waals surface area contributed by atoms with Crippen molar-refractivity contribution in [2.24, 2.45) is 23.7 Å². The van der Waals surface area contributed by atoms with Crippen molar-refractivity contribution in [1.82, 2.24) is 0 Å². The molecule has 160 valence electrons. The first-order chi connectivity index (χ1) is 13.4. The summed E-state index contributed by atoms with van der Waals surface area (Å²) in [6.45, 7) is 8.69. The number of carbonyl (C=O) groups excluding carboxylic acids is 5. The van der Waals surface area contributed by atoms with Crippen LogP contribution in [0.4, 0.5) is 0 Å². The number of alkyl halides is 1. The SMILES string of the molecule is C=CC(=O)[O-].C=CC(=O)[O-].C=CC(=O)[O-].O=C([O-])C1C2CC3C(OC(=O)C31)C2Br.[Zr+4]. The van der Waals surface area contributed by atoms with Gasteiger partial charge in [-0.25, -0.2) is 0 Å². The summed E-state index contributed by atoms with van der Waals surface area (Å²) < 4.78 is 5.15. The predicted molar refractivity (Wildman–Crippen MR) is 91.8 cm³/mol. The molecule has 1 saturated heterocycles. The molecule has 2 saturated carbocycles. The van der Waals surface area contributed by atoms with Crippen molar-refractivity contribution < 1.29 is 75.3 Å². The normalized spacial score (nSPS) is 28.2. The fraction of sp³-hybridized carbons (Fsp3) is 0.389. The minimum Gasteiger partial charge on any atom is -0.550 e. The molecule has 1 heterocycles. The van der Waals surface area contributed by atoms with E-state index in [1.165, 1.54) is 0 Å². The Bertz CT molecular complexity index is 664. The monoisotopic (exact) mass is 562 g/mol. The van der Waals surface area contributed by atoms with Gasteiger partial charge in [0.1, 0.15) is 6.10 Å². The molecular formula is C18H17BrO10Zr. The summed E-state index contributed by atoms with van der Waals surface area (Å²) in [5.41, 5.74) is 0. The maximum absolute atomic E-state index is 11.4. The number of carboxylic acids is 4. The number of carbonyl (C=O) groups is 5. The summed E-state index contributed by atoms with van der Waals surface area (Å²) in [5, 5.41) is 38.3. The van der Waals surface area contributed by atoms with Crippen LogP contribution in [0.15, 0.2) is 38.0 Å². The molecule has 0 aromatic heterocycles. The Balaban J connectivity index is 0. The molecule has 0 amide bonds. The maximum Gasteiger partial charge on any atom is 4.00 e. The van der Waals surface area contributed by atoms with Gasteiger partial charge in [-0.3, -0.25) is 4.79 Å². The quantitative estimate of drug-likeness (QED) is 0.185. The van der Waals surface area contributed by atoms with Crippen LogP contribution >= 0.6 is 15.9 Å². The van der Waals surface area contributed by atoms with E-state index in [0.717, 1.165) is 24.6 Å². The number of hydrogen-bond acceptors (Lipinski definition) is 10. The Morgan fingerprint density at radius 1 is 0.900 bits per heavy atom. The van der Waals surface area contributed by atoms with E-state index in [-0.39, 0.29) is 54.9 Å². The molecule has 0 N–H and O–H groups in total. The number of halogens is 1. The Morgan fingerprint density at radius 3 is 1.57 bits per heavy atom. The molecular weight excluding hydrogens is 547 g/mol. The molecule has 3 fully saturated rings. The van der Waals surface area contributed by atoms with Gasteiger partial charge in [0, 0.05) is 17.8 Å². The van der Waals surface area contributed by atoms with E-state index in [4.69, 9.17) is 34.4 Å². The molecule has 3 aliphatic rings. The van der Waals surface area contributed by atoms with Gasteiger partial charge in [-0.1, -0.05) is 35.7 Å². The molecule has 0 aromatic carbocycles. The smallest absolute Gasteiger partial charge is 0.550 e. The van der Waals surface area contributed by atoms with Gasteiger partial charge in [0.2, 0.25) is 0 Å². The van der Waals surface area contributed by atoms with Crippen molar-refractivity contribution in [3.05, 3.63) is 38.0 Å². The van der Waals surface area contributed by atoms with Gasteiger partial charge in [0.15, 0.2) is 0 Å². The van der Waals surface area contributed by atoms with Crippen LogP contribution in [0.1, 0.15) is 6.42 Å². The second kappa shape index (κ2) is 14.0. The molecule has 0 radical (unpaired) electrons. The zero-order valence-electron chi connectivity index (χ0n) is 15.5. The maximum atomic E-state index is 11.4. The standard InChI is InChI=1S/C9H9BrO4.3C3H4O2.Zr/c10-6-2-1-3-5(4(2)8(11)12)9(13)14-7(3)6;3*1-2-3(4)5;/h2-7H,1H2,(H,11,12);3*2H,1H2,(H,4,5);/q;;;;+4/p-4. The summed E-state index contributed by atoms with van der Waals surface area (Å²) in [7, 11) is 0. The summed E-state index contributed by atoms with van der Waals surface area (Å²) in [5.74, 6) is -6.13. The molecule has 1 aliphatic heterocycles. The molecule has 3 rings (SSSR count). The van der Waals surface area contributed by atoms with Crippen molar-refractivity contribution in [3.63, 3.8) is 0 Å². The number of rotatable bonds is 4. The van der Waals surface area contributed by atoms with E-state index in [2.05, 4.69) is 35.7 Å². The van der Waals surface area contributed by atoms with E-state index in [1.807, 2.05) is 0 Å². The van der Waals surface area contributed by atoms with E-state index in [1.54, 1.807) is 0 Å². The first kappa shape index (κ1) is 30.1. The van der Waals surface area contributed by atoms with Crippen LogP contribution in [-0.4, -0.2) is 40.8 Å². The van der Waals surface area contributed by atoms with Gasteiger partial charge in [-0.05, 0) is 30.6 Å². The number of fused-ring (bicyclic) bond motifs is 1. The first-order valence-corrected chi connectivity index (χ1v) is 8.90. The molecule has 10 nitrogen and oxygen atoms in total. The Kier molecular flexibility index (Phi) is 14.1. The molecule has 0 spiro atoms. The zero-order chi connectivity index (χ0) is 22.9. The van der Waals surface area contributed by atoms with Gasteiger partial charge in [0.05, 0.1) is 28.7 Å².